The van der Waals surface area contributed by atoms with Crippen LogP contribution < -0.4 is 4.74 Å². The van der Waals surface area contributed by atoms with Crippen LogP contribution in [0.25, 0.3) is 0 Å². The Kier molecular flexibility index (Phi) is 5.78. The normalized spacial score (nSPS) is 10.4. The molecule has 1 aromatic heterocycles. The highest BCUT2D eigenvalue weighted by Crippen LogP contribution is 2.24. The summed E-state index contributed by atoms with van der Waals surface area (Å²) in [6.07, 6.45) is 3.41. The van der Waals surface area contributed by atoms with Crippen molar-refractivity contribution in [2.45, 2.75) is 33.1 Å². The molecule has 0 saturated heterocycles. The highest BCUT2D eigenvalue weighted by atomic mass is 16.5. The van der Waals surface area contributed by atoms with Gasteiger partial charge in [0.25, 0.3) is 0 Å². The third-order valence-electron chi connectivity index (χ3n) is 2.92. The Morgan fingerprint density at radius 1 is 1.33 bits per heavy atom. The lowest BCUT2D eigenvalue weighted by Crippen LogP contribution is -2.08. The number of aromatic nitrogens is 1. The Balaban J connectivity index is 2.70. The van der Waals surface area contributed by atoms with Gasteiger partial charge in [0.2, 0.25) is 0 Å². The molecular formula is C14H21NO3. The number of methoxy groups -OCH3 is 2. The van der Waals surface area contributed by atoms with Gasteiger partial charge in [-0.2, -0.15) is 0 Å². The van der Waals surface area contributed by atoms with Gasteiger partial charge in [-0.25, -0.2) is 0 Å². The van der Waals surface area contributed by atoms with E-state index in [1.165, 1.54) is 0 Å². The van der Waals surface area contributed by atoms with Gasteiger partial charge in [0.1, 0.15) is 11.5 Å². The minimum absolute atomic E-state index is 0.188. The van der Waals surface area contributed by atoms with Crippen LogP contribution >= 0.6 is 0 Å². The van der Waals surface area contributed by atoms with Crippen LogP contribution in [0.1, 0.15) is 29.7 Å². The van der Waals surface area contributed by atoms with Crippen LogP contribution in [0.5, 0.6) is 5.75 Å². The fourth-order valence-electron chi connectivity index (χ4n) is 1.94. The molecule has 0 aliphatic rings. The Bertz CT molecular complexity index is 416. The lowest BCUT2D eigenvalue weighted by atomic mass is 10.0. The van der Waals surface area contributed by atoms with E-state index in [1.807, 2.05) is 13.8 Å². The van der Waals surface area contributed by atoms with Crippen molar-refractivity contribution < 1.29 is 14.3 Å². The molecule has 0 atom stereocenters. The van der Waals surface area contributed by atoms with Gasteiger partial charge in [-0.05, 0) is 20.3 Å². The van der Waals surface area contributed by atoms with Crippen LogP contribution in [-0.2, 0) is 16.0 Å². The molecular weight excluding hydrogens is 230 g/mol. The highest BCUT2D eigenvalue weighted by Gasteiger charge is 2.12. The molecule has 0 unspecified atom stereocenters. The molecule has 0 bridgehead atoms. The number of aryl methyl sites for hydroxylation is 1. The first-order chi connectivity index (χ1) is 8.60. The van der Waals surface area contributed by atoms with E-state index in [4.69, 9.17) is 9.47 Å². The standard InChI is InChI=1S/C14H21NO3/c1-10-9-15-13(11(2)14(10)18-4)8-12(16)6-5-7-17-3/h9H,5-8H2,1-4H3. The predicted octanol–water partition coefficient (Wildman–Crippen LogP) is 2.25. The van der Waals surface area contributed by atoms with Crippen LogP contribution in [-0.4, -0.2) is 31.6 Å². The van der Waals surface area contributed by atoms with Gasteiger partial charge >= 0.3 is 0 Å². The lowest BCUT2D eigenvalue weighted by molar-refractivity contribution is -0.118. The van der Waals surface area contributed by atoms with Gasteiger partial charge in [-0.3, -0.25) is 9.78 Å². The molecule has 0 spiro atoms. The number of nitrogens with zero attached hydrogens (tertiary/aromatic N) is 1. The number of rotatable bonds is 7. The van der Waals surface area contributed by atoms with E-state index < -0.39 is 0 Å². The van der Waals surface area contributed by atoms with Crippen molar-refractivity contribution >= 4 is 5.78 Å². The van der Waals surface area contributed by atoms with Gasteiger partial charge < -0.3 is 9.47 Å². The molecule has 0 radical (unpaired) electrons. The first-order valence-electron chi connectivity index (χ1n) is 6.09. The number of ether oxygens (including phenoxy) is 2. The number of hydrogen-bond acceptors (Lipinski definition) is 4. The lowest BCUT2D eigenvalue weighted by Gasteiger charge is -2.11. The second-order valence-electron chi connectivity index (χ2n) is 4.36. The van der Waals surface area contributed by atoms with Gasteiger partial charge in [0.05, 0.1) is 12.8 Å². The second-order valence-corrected chi connectivity index (χ2v) is 4.36. The smallest absolute Gasteiger partial charge is 0.138 e. The zero-order chi connectivity index (χ0) is 13.5. The zero-order valence-electron chi connectivity index (χ0n) is 11.6. The number of carbonyl (C=O) groups is 1. The minimum atomic E-state index is 0.188. The molecule has 0 N–H and O–H groups in total. The molecule has 0 saturated carbocycles. The first kappa shape index (κ1) is 14.6. The number of Topliss-reactive ketones (excluding diaryl/α,β-unsaturated/α-hetero) is 1. The average molecular weight is 251 g/mol. The Hall–Kier alpha value is -1.42. The average Bonchev–Trinajstić information content (AvgIpc) is 2.34. The monoisotopic (exact) mass is 251 g/mol. The van der Waals surface area contributed by atoms with Crippen LogP contribution in [0, 0.1) is 13.8 Å². The SMILES string of the molecule is COCCCC(=O)Cc1ncc(C)c(OC)c1C. The first-order valence-corrected chi connectivity index (χ1v) is 6.09. The summed E-state index contributed by atoms with van der Waals surface area (Å²) in [7, 11) is 3.28. The minimum Gasteiger partial charge on any atom is -0.496 e. The molecule has 4 heteroatoms. The maximum Gasteiger partial charge on any atom is 0.138 e. The Morgan fingerprint density at radius 2 is 2.06 bits per heavy atom. The van der Waals surface area contributed by atoms with E-state index in [9.17, 15) is 4.79 Å². The van der Waals surface area contributed by atoms with Crippen LogP contribution in [0.3, 0.4) is 0 Å². The van der Waals surface area contributed by atoms with Crippen LogP contribution in [0.4, 0.5) is 0 Å². The van der Waals surface area contributed by atoms with E-state index in [0.717, 1.165) is 29.0 Å². The largest absolute Gasteiger partial charge is 0.496 e. The Labute approximate surface area is 108 Å². The van der Waals surface area contributed by atoms with Crippen molar-refractivity contribution in [2.24, 2.45) is 0 Å². The molecule has 1 rings (SSSR count). The molecule has 0 aliphatic carbocycles. The molecule has 0 amide bonds. The van der Waals surface area contributed by atoms with E-state index in [0.29, 0.717) is 19.4 Å². The maximum atomic E-state index is 11.8. The van der Waals surface area contributed by atoms with Crippen molar-refractivity contribution in [1.29, 1.82) is 0 Å². The summed E-state index contributed by atoms with van der Waals surface area (Å²) in [4.78, 5) is 16.1. The number of hydrogen-bond donors (Lipinski definition) is 0. The number of pyridine rings is 1. The molecule has 0 fully saturated rings. The van der Waals surface area contributed by atoms with Crippen molar-refractivity contribution in [1.82, 2.24) is 4.98 Å². The summed E-state index contributed by atoms with van der Waals surface area (Å²) in [5, 5.41) is 0. The summed E-state index contributed by atoms with van der Waals surface area (Å²) in [5.74, 6) is 1.01. The highest BCUT2D eigenvalue weighted by molar-refractivity contribution is 5.80. The summed E-state index contributed by atoms with van der Waals surface area (Å²) < 4.78 is 10.3. The summed E-state index contributed by atoms with van der Waals surface area (Å²) in [6, 6.07) is 0. The van der Waals surface area contributed by atoms with Crippen molar-refractivity contribution in [3.8, 4) is 5.75 Å². The third-order valence-corrected chi connectivity index (χ3v) is 2.92. The van der Waals surface area contributed by atoms with Crippen molar-refractivity contribution in [2.75, 3.05) is 20.8 Å². The fourth-order valence-corrected chi connectivity index (χ4v) is 1.94. The quantitative estimate of drug-likeness (QED) is 0.697. The summed E-state index contributed by atoms with van der Waals surface area (Å²) >= 11 is 0. The number of carbonyl (C=O) groups excluding carboxylic acids is 1. The number of ketones is 1. The predicted molar refractivity (Wildman–Crippen MR) is 70.1 cm³/mol. The van der Waals surface area contributed by atoms with Crippen LogP contribution in [0.2, 0.25) is 0 Å². The molecule has 1 heterocycles. The second kappa shape index (κ2) is 7.11. The van der Waals surface area contributed by atoms with Gasteiger partial charge in [0.15, 0.2) is 0 Å². The molecule has 100 valence electrons. The molecule has 4 nitrogen and oxygen atoms in total. The molecule has 18 heavy (non-hydrogen) atoms. The van der Waals surface area contributed by atoms with Gasteiger partial charge in [-0.1, -0.05) is 0 Å². The zero-order valence-corrected chi connectivity index (χ0v) is 11.6. The van der Waals surface area contributed by atoms with Crippen molar-refractivity contribution in [3.05, 3.63) is 23.0 Å². The van der Waals surface area contributed by atoms with E-state index in [2.05, 4.69) is 4.98 Å². The summed E-state index contributed by atoms with van der Waals surface area (Å²) in [5.41, 5.74) is 2.75. The summed E-state index contributed by atoms with van der Waals surface area (Å²) in [6.45, 7) is 4.51. The van der Waals surface area contributed by atoms with Crippen LogP contribution in [0.15, 0.2) is 6.20 Å². The molecule has 0 aromatic carbocycles. The Morgan fingerprint density at radius 3 is 2.67 bits per heavy atom. The molecule has 1 aromatic rings. The van der Waals surface area contributed by atoms with E-state index in [1.54, 1.807) is 20.4 Å². The third kappa shape index (κ3) is 3.81. The van der Waals surface area contributed by atoms with Crippen molar-refractivity contribution in [3.63, 3.8) is 0 Å². The topological polar surface area (TPSA) is 48.4 Å². The van der Waals surface area contributed by atoms with Gasteiger partial charge in [-0.15, -0.1) is 0 Å². The fraction of sp³-hybridized carbons (Fsp3) is 0.571. The molecule has 0 aliphatic heterocycles. The van der Waals surface area contributed by atoms with E-state index in [-0.39, 0.29) is 5.78 Å². The van der Waals surface area contributed by atoms with Gasteiger partial charge in [0, 0.05) is 43.9 Å². The maximum absolute atomic E-state index is 11.8. The van der Waals surface area contributed by atoms with E-state index >= 15 is 0 Å².